The molecule has 0 radical (unpaired) electrons. The van der Waals surface area contributed by atoms with Crippen LogP contribution in [0.5, 0.6) is 0 Å². The zero-order chi connectivity index (χ0) is 11.5. The molecule has 5 heteroatoms. The summed E-state index contributed by atoms with van der Waals surface area (Å²) in [6.07, 6.45) is 2.33. The molecule has 0 amide bonds. The molecule has 0 saturated carbocycles. The van der Waals surface area contributed by atoms with Gasteiger partial charge in [-0.15, -0.1) is 0 Å². The summed E-state index contributed by atoms with van der Waals surface area (Å²) >= 11 is 5.92. The lowest BCUT2D eigenvalue weighted by Gasteiger charge is -2.12. The first kappa shape index (κ1) is 11.5. The Bertz CT molecular complexity index is 383. The number of hydrogen-bond donors (Lipinski definition) is 1. The second-order valence-corrected chi connectivity index (χ2v) is 4.41. The van der Waals surface area contributed by atoms with Gasteiger partial charge in [-0.05, 0) is 43.6 Å². The van der Waals surface area contributed by atoms with Gasteiger partial charge < -0.3 is 9.52 Å². The van der Waals surface area contributed by atoms with Gasteiger partial charge in [0.05, 0.1) is 0 Å². The Kier molecular flexibility index (Phi) is 3.51. The minimum Gasteiger partial charge on any atom is -0.481 e. The number of aliphatic carboxylic acids is 1. The highest BCUT2D eigenvalue weighted by molar-refractivity contribution is 6.29. The quantitative estimate of drug-likeness (QED) is 0.881. The maximum atomic E-state index is 10.5. The van der Waals surface area contributed by atoms with E-state index in [1.165, 1.54) is 12.8 Å². The number of carboxylic acid groups (broad SMARTS) is 1. The second-order valence-electron chi connectivity index (χ2n) is 4.07. The summed E-state index contributed by atoms with van der Waals surface area (Å²) in [5, 5.41) is 8.96. The maximum Gasteiger partial charge on any atom is 0.311 e. The maximum absolute atomic E-state index is 10.5. The second kappa shape index (κ2) is 4.89. The van der Waals surface area contributed by atoms with Crippen LogP contribution >= 0.6 is 11.6 Å². The molecular formula is C11H14ClNO3. The molecule has 0 spiro atoms. The number of likely N-dealkylation sites (tertiary alicyclic amines) is 1. The predicted octanol–water partition coefficient (Wildman–Crippen LogP) is 2.16. The first-order valence-corrected chi connectivity index (χ1v) is 5.74. The molecule has 1 saturated heterocycles. The summed E-state index contributed by atoms with van der Waals surface area (Å²) in [6, 6.07) is 1.74. The first-order chi connectivity index (χ1) is 7.65. The Hall–Kier alpha value is -1.00. The lowest BCUT2D eigenvalue weighted by Crippen LogP contribution is -2.18. The number of carboxylic acids is 1. The Balaban J connectivity index is 2.02. The summed E-state index contributed by atoms with van der Waals surface area (Å²) < 4.78 is 5.19. The largest absolute Gasteiger partial charge is 0.481 e. The van der Waals surface area contributed by atoms with Crippen LogP contribution in [0.4, 0.5) is 0 Å². The average Bonchev–Trinajstić information content (AvgIpc) is 2.77. The molecule has 1 fully saturated rings. The number of halogens is 1. The molecule has 88 valence electrons. The van der Waals surface area contributed by atoms with Crippen LogP contribution in [0, 0.1) is 0 Å². The molecule has 1 N–H and O–H groups in total. The topological polar surface area (TPSA) is 53.7 Å². The highest BCUT2D eigenvalue weighted by Gasteiger charge is 2.17. The molecule has 0 unspecified atom stereocenters. The highest BCUT2D eigenvalue weighted by Crippen LogP contribution is 2.24. The zero-order valence-electron chi connectivity index (χ0n) is 8.91. The van der Waals surface area contributed by atoms with Crippen LogP contribution in [0.3, 0.4) is 0 Å². The number of furan rings is 1. The highest BCUT2D eigenvalue weighted by atomic mass is 35.5. The van der Waals surface area contributed by atoms with Crippen molar-refractivity contribution in [2.45, 2.75) is 25.8 Å². The standard InChI is InChI=1S/C11H14ClNO3/c12-11-8(7-13-3-1-2-4-13)5-9(16-11)6-10(14)15/h5H,1-4,6-7H2,(H,14,15). The molecule has 4 nitrogen and oxygen atoms in total. The van der Waals surface area contributed by atoms with Gasteiger partial charge in [0, 0.05) is 12.1 Å². The van der Waals surface area contributed by atoms with Crippen molar-refractivity contribution in [3.63, 3.8) is 0 Å². The third-order valence-electron chi connectivity index (χ3n) is 2.73. The molecule has 2 heterocycles. The molecule has 1 aliphatic heterocycles. The fraction of sp³-hybridized carbons (Fsp3) is 0.545. The lowest BCUT2D eigenvalue weighted by atomic mass is 10.2. The molecule has 16 heavy (non-hydrogen) atoms. The number of nitrogens with zero attached hydrogens (tertiary/aromatic N) is 1. The van der Waals surface area contributed by atoms with E-state index in [4.69, 9.17) is 21.1 Å². The molecule has 0 atom stereocenters. The van der Waals surface area contributed by atoms with Crippen molar-refractivity contribution in [3.8, 4) is 0 Å². The van der Waals surface area contributed by atoms with Crippen molar-refractivity contribution >= 4 is 17.6 Å². The molecule has 0 bridgehead atoms. The molecule has 0 aliphatic carbocycles. The summed E-state index contributed by atoms with van der Waals surface area (Å²) in [5.41, 5.74) is 0.889. The number of hydrogen-bond acceptors (Lipinski definition) is 3. The monoisotopic (exact) mass is 243 g/mol. The van der Waals surface area contributed by atoms with Crippen molar-refractivity contribution in [1.82, 2.24) is 4.90 Å². The predicted molar refractivity (Wildman–Crippen MR) is 59.6 cm³/mol. The van der Waals surface area contributed by atoms with E-state index in [9.17, 15) is 4.79 Å². The minimum atomic E-state index is -0.905. The fourth-order valence-corrected chi connectivity index (χ4v) is 2.20. The Morgan fingerprint density at radius 2 is 2.19 bits per heavy atom. The first-order valence-electron chi connectivity index (χ1n) is 5.36. The summed E-state index contributed by atoms with van der Waals surface area (Å²) in [4.78, 5) is 12.8. The molecule has 0 aromatic carbocycles. The SMILES string of the molecule is O=C(O)Cc1cc(CN2CCCC2)c(Cl)o1. The summed E-state index contributed by atoms with van der Waals surface area (Å²) in [7, 11) is 0. The van der Waals surface area contributed by atoms with E-state index in [0.29, 0.717) is 11.0 Å². The van der Waals surface area contributed by atoms with Crippen molar-refractivity contribution in [1.29, 1.82) is 0 Å². The van der Waals surface area contributed by atoms with Crippen LogP contribution in [-0.2, 0) is 17.8 Å². The van der Waals surface area contributed by atoms with E-state index >= 15 is 0 Å². The van der Waals surface area contributed by atoms with Gasteiger partial charge in [-0.3, -0.25) is 9.69 Å². The third kappa shape index (κ3) is 2.77. The van der Waals surface area contributed by atoms with Gasteiger partial charge in [0.15, 0.2) is 5.22 Å². The van der Waals surface area contributed by atoms with Gasteiger partial charge >= 0.3 is 5.97 Å². The van der Waals surface area contributed by atoms with E-state index in [2.05, 4.69) is 4.90 Å². The van der Waals surface area contributed by atoms with Crippen LogP contribution in [-0.4, -0.2) is 29.1 Å². The third-order valence-corrected chi connectivity index (χ3v) is 3.05. The zero-order valence-corrected chi connectivity index (χ0v) is 9.66. The van der Waals surface area contributed by atoms with Crippen molar-refractivity contribution in [2.24, 2.45) is 0 Å². The average molecular weight is 244 g/mol. The van der Waals surface area contributed by atoms with Gasteiger partial charge in [0.1, 0.15) is 12.2 Å². The van der Waals surface area contributed by atoms with Gasteiger partial charge in [0.2, 0.25) is 0 Å². The molecule has 1 aromatic heterocycles. The minimum absolute atomic E-state index is 0.111. The van der Waals surface area contributed by atoms with Gasteiger partial charge in [-0.25, -0.2) is 0 Å². The Morgan fingerprint density at radius 1 is 1.50 bits per heavy atom. The van der Waals surface area contributed by atoms with E-state index in [1.54, 1.807) is 6.07 Å². The van der Waals surface area contributed by atoms with E-state index in [1.807, 2.05) is 0 Å². The van der Waals surface area contributed by atoms with E-state index < -0.39 is 5.97 Å². The van der Waals surface area contributed by atoms with Crippen molar-refractivity contribution in [3.05, 3.63) is 22.6 Å². The van der Waals surface area contributed by atoms with Crippen LogP contribution in [0.1, 0.15) is 24.2 Å². The van der Waals surface area contributed by atoms with Gasteiger partial charge in [-0.2, -0.15) is 0 Å². The summed E-state index contributed by atoms with van der Waals surface area (Å²) in [5.74, 6) is -0.482. The smallest absolute Gasteiger partial charge is 0.311 e. The Morgan fingerprint density at radius 3 is 2.81 bits per heavy atom. The van der Waals surface area contributed by atoms with Crippen molar-refractivity contribution < 1.29 is 14.3 Å². The van der Waals surface area contributed by atoms with Crippen LogP contribution in [0.25, 0.3) is 0 Å². The van der Waals surface area contributed by atoms with Crippen LogP contribution < -0.4 is 0 Å². The summed E-state index contributed by atoms with van der Waals surface area (Å²) in [6.45, 7) is 2.91. The van der Waals surface area contributed by atoms with E-state index in [-0.39, 0.29) is 6.42 Å². The normalized spacial score (nSPS) is 16.8. The van der Waals surface area contributed by atoms with Crippen LogP contribution in [0.2, 0.25) is 5.22 Å². The molecule has 1 aromatic rings. The lowest BCUT2D eigenvalue weighted by molar-refractivity contribution is -0.136. The van der Waals surface area contributed by atoms with Gasteiger partial charge in [-0.1, -0.05) is 0 Å². The van der Waals surface area contributed by atoms with Gasteiger partial charge in [0.25, 0.3) is 0 Å². The molecule has 2 rings (SSSR count). The fourth-order valence-electron chi connectivity index (χ4n) is 1.99. The number of rotatable bonds is 4. The Labute approximate surface area is 98.8 Å². The van der Waals surface area contributed by atoms with Crippen molar-refractivity contribution in [2.75, 3.05) is 13.1 Å². The molecular weight excluding hydrogens is 230 g/mol. The molecule has 1 aliphatic rings. The number of carbonyl (C=O) groups is 1. The van der Waals surface area contributed by atoms with E-state index in [0.717, 1.165) is 25.2 Å². The van der Waals surface area contributed by atoms with Crippen LogP contribution in [0.15, 0.2) is 10.5 Å².